The molecule has 2 aliphatic rings. The molecule has 0 spiro atoms. The average molecular weight is 422 g/mol. The smallest absolute Gasteiger partial charge is 0.272 e. The van der Waals surface area contributed by atoms with Crippen molar-refractivity contribution in [2.75, 3.05) is 39.9 Å². The predicted molar refractivity (Wildman–Crippen MR) is 114 cm³/mol. The van der Waals surface area contributed by atoms with Gasteiger partial charge in [-0.2, -0.15) is 0 Å². The van der Waals surface area contributed by atoms with Crippen molar-refractivity contribution in [3.63, 3.8) is 0 Å². The summed E-state index contributed by atoms with van der Waals surface area (Å²) in [6.45, 7) is 4.34. The monoisotopic (exact) mass is 421 g/mol. The number of nitrogens with zero attached hydrogens (tertiary/aromatic N) is 7. The second-order valence-corrected chi connectivity index (χ2v) is 8.31. The summed E-state index contributed by atoms with van der Waals surface area (Å²) in [5, 5.41) is 13.6. The van der Waals surface area contributed by atoms with Gasteiger partial charge >= 0.3 is 0 Å². The number of benzene rings is 1. The Hall–Kier alpha value is -2.91. The number of rotatable bonds is 6. The Bertz CT molecular complexity index is 1080. The lowest BCUT2D eigenvalue weighted by Crippen LogP contribution is -2.49. The lowest BCUT2D eigenvalue weighted by molar-refractivity contribution is 0.0693. The Kier molecular flexibility index (Phi) is 5.37. The normalized spacial score (nSPS) is 21.9. The molecule has 4 heterocycles. The van der Waals surface area contributed by atoms with Crippen molar-refractivity contribution in [3.8, 4) is 0 Å². The van der Waals surface area contributed by atoms with Gasteiger partial charge in [0.05, 0.1) is 18.7 Å². The fraction of sp³-hybridized carbons (Fsp3) is 0.500. The maximum atomic E-state index is 13.4. The fourth-order valence-electron chi connectivity index (χ4n) is 4.91. The zero-order chi connectivity index (χ0) is 21.3. The number of hydrogen-bond acceptors (Lipinski definition) is 7. The van der Waals surface area contributed by atoms with Gasteiger partial charge in [0.15, 0.2) is 5.82 Å². The lowest BCUT2D eigenvalue weighted by Gasteiger charge is -2.37. The Morgan fingerprint density at radius 3 is 2.81 bits per heavy atom. The van der Waals surface area contributed by atoms with Gasteiger partial charge in [-0.25, -0.2) is 9.67 Å². The maximum Gasteiger partial charge on any atom is 0.272 e. The van der Waals surface area contributed by atoms with Crippen LogP contribution in [0.25, 0.3) is 10.9 Å². The molecule has 9 nitrogen and oxygen atoms in total. The van der Waals surface area contributed by atoms with Crippen molar-refractivity contribution in [2.45, 2.75) is 31.3 Å². The number of ether oxygens (including phenoxy) is 1. The second-order valence-electron chi connectivity index (χ2n) is 8.31. The number of amides is 1. The summed E-state index contributed by atoms with van der Waals surface area (Å²) in [4.78, 5) is 22.4. The van der Waals surface area contributed by atoms with Crippen molar-refractivity contribution < 1.29 is 9.53 Å². The molecule has 0 saturated carbocycles. The van der Waals surface area contributed by atoms with Crippen molar-refractivity contribution in [2.24, 2.45) is 0 Å². The number of para-hydroxylation sites is 1. The molecule has 162 valence electrons. The van der Waals surface area contributed by atoms with Gasteiger partial charge in [0.2, 0.25) is 0 Å². The Balaban J connectivity index is 1.45. The van der Waals surface area contributed by atoms with Crippen LogP contribution in [0.5, 0.6) is 0 Å². The molecule has 1 aromatic carbocycles. The van der Waals surface area contributed by atoms with E-state index in [4.69, 9.17) is 4.74 Å². The summed E-state index contributed by atoms with van der Waals surface area (Å²) in [7, 11) is 1.67. The first kappa shape index (κ1) is 20.0. The number of tetrazole rings is 1. The van der Waals surface area contributed by atoms with E-state index in [-0.39, 0.29) is 11.4 Å². The summed E-state index contributed by atoms with van der Waals surface area (Å²) < 4.78 is 7.08. The van der Waals surface area contributed by atoms with Crippen molar-refractivity contribution in [1.29, 1.82) is 0 Å². The number of methoxy groups -OCH3 is 1. The van der Waals surface area contributed by atoms with E-state index in [9.17, 15) is 4.79 Å². The van der Waals surface area contributed by atoms with E-state index in [2.05, 4.69) is 25.4 Å². The summed E-state index contributed by atoms with van der Waals surface area (Å²) in [6, 6.07) is 11.6. The van der Waals surface area contributed by atoms with Gasteiger partial charge in [0, 0.05) is 25.6 Å². The number of likely N-dealkylation sites (tertiary alicyclic amines) is 2. The van der Waals surface area contributed by atoms with Gasteiger partial charge in [-0.15, -0.1) is 5.10 Å². The Labute approximate surface area is 181 Å². The van der Waals surface area contributed by atoms with Crippen molar-refractivity contribution in [3.05, 3.63) is 47.9 Å². The molecular weight excluding hydrogens is 394 g/mol. The first-order chi connectivity index (χ1) is 15.2. The molecule has 2 aliphatic heterocycles. The molecule has 0 radical (unpaired) electrons. The van der Waals surface area contributed by atoms with E-state index in [1.165, 1.54) is 0 Å². The number of carbonyl (C=O) groups excluding carboxylic acids is 1. The van der Waals surface area contributed by atoms with Crippen LogP contribution in [-0.2, 0) is 16.8 Å². The van der Waals surface area contributed by atoms with E-state index in [0.29, 0.717) is 31.9 Å². The largest absolute Gasteiger partial charge is 0.383 e. The Morgan fingerprint density at radius 1 is 1.13 bits per heavy atom. The third kappa shape index (κ3) is 3.57. The molecule has 0 aliphatic carbocycles. The van der Waals surface area contributed by atoms with Gasteiger partial charge < -0.3 is 9.64 Å². The molecule has 31 heavy (non-hydrogen) atoms. The molecule has 9 heteroatoms. The van der Waals surface area contributed by atoms with E-state index in [0.717, 1.165) is 49.1 Å². The van der Waals surface area contributed by atoms with E-state index < -0.39 is 0 Å². The van der Waals surface area contributed by atoms with Crippen LogP contribution in [0.15, 0.2) is 36.4 Å². The number of carbonyl (C=O) groups is 1. The van der Waals surface area contributed by atoms with Gasteiger partial charge in [0.25, 0.3) is 5.91 Å². The van der Waals surface area contributed by atoms with E-state index in [1.54, 1.807) is 7.11 Å². The molecule has 2 aromatic heterocycles. The molecule has 2 saturated heterocycles. The quantitative estimate of drug-likeness (QED) is 0.598. The van der Waals surface area contributed by atoms with Crippen LogP contribution in [0.2, 0.25) is 0 Å². The molecule has 3 aromatic rings. The molecular formula is C22H27N7O2. The summed E-state index contributed by atoms with van der Waals surface area (Å²) in [5.74, 6) is 0.788. The lowest BCUT2D eigenvalue weighted by atomic mass is 9.95. The summed E-state index contributed by atoms with van der Waals surface area (Å²) in [6.07, 6.45) is 3.11. The van der Waals surface area contributed by atoms with Crippen LogP contribution in [0.1, 0.15) is 35.6 Å². The maximum absolute atomic E-state index is 13.4. The highest BCUT2D eigenvalue weighted by molar-refractivity contribution is 5.95. The van der Waals surface area contributed by atoms with Gasteiger partial charge in [-0.05, 0) is 54.9 Å². The van der Waals surface area contributed by atoms with Gasteiger partial charge in [-0.1, -0.05) is 24.3 Å². The predicted octanol–water partition coefficient (Wildman–Crippen LogP) is 1.70. The van der Waals surface area contributed by atoms with Crippen molar-refractivity contribution >= 4 is 16.8 Å². The minimum atomic E-state index is -0.375. The zero-order valence-corrected chi connectivity index (χ0v) is 17.8. The van der Waals surface area contributed by atoms with E-state index in [1.807, 2.05) is 46.0 Å². The first-order valence-electron chi connectivity index (χ1n) is 10.9. The van der Waals surface area contributed by atoms with Crippen LogP contribution < -0.4 is 0 Å². The molecule has 0 bridgehead atoms. The topological polar surface area (TPSA) is 89.3 Å². The molecule has 5 rings (SSSR count). The van der Waals surface area contributed by atoms with E-state index >= 15 is 0 Å². The second kappa shape index (κ2) is 8.32. The Morgan fingerprint density at radius 2 is 1.97 bits per heavy atom. The van der Waals surface area contributed by atoms with Crippen LogP contribution in [0.4, 0.5) is 0 Å². The number of pyridine rings is 1. The fourth-order valence-corrected chi connectivity index (χ4v) is 4.91. The van der Waals surface area contributed by atoms with Crippen LogP contribution in [0.3, 0.4) is 0 Å². The third-order valence-electron chi connectivity index (χ3n) is 6.52. The SMILES string of the molecule is COCCn1nnnc1C1(N2CCCC2)CCN(C(=O)c2ccc3ccccc3n2)C1. The van der Waals surface area contributed by atoms with Crippen LogP contribution in [-0.4, -0.2) is 80.8 Å². The zero-order valence-electron chi connectivity index (χ0n) is 17.8. The molecule has 2 fully saturated rings. The minimum Gasteiger partial charge on any atom is -0.383 e. The average Bonchev–Trinajstić information content (AvgIpc) is 3.57. The van der Waals surface area contributed by atoms with Crippen LogP contribution in [0, 0.1) is 0 Å². The van der Waals surface area contributed by atoms with Gasteiger partial charge in [0.1, 0.15) is 11.2 Å². The molecule has 1 atom stereocenters. The highest BCUT2D eigenvalue weighted by Gasteiger charge is 2.50. The molecule has 1 amide bonds. The standard InChI is InChI=1S/C22H27N7O2/c1-31-15-14-29-21(24-25-26-29)22(28-11-4-5-12-28)10-13-27(16-22)20(30)19-9-8-17-6-2-3-7-18(17)23-19/h2-3,6-9H,4-5,10-16H2,1H3. The van der Waals surface area contributed by atoms with Crippen molar-refractivity contribution in [1.82, 2.24) is 35.0 Å². The summed E-state index contributed by atoms with van der Waals surface area (Å²) in [5.41, 5.74) is 0.942. The summed E-state index contributed by atoms with van der Waals surface area (Å²) >= 11 is 0. The van der Waals surface area contributed by atoms with Crippen LogP contribution >= 0.6 is 0 Å². The number of hydrogen-bond donors (Lipinski definition) is 0. The first-order valence-corrected chi connectivity index (χ1v) is 10.9. The number of aromatic nitrogens is 5. The third-order valence-corrected chi connectivity index (χ3v) is 6.52. The highest BCUT2D eigenvalue weighted by atomic mass is 16.5. The molecule has 0 N–H and O–H groups in total. The van der Waals surface area contributed by atoms with Gasteiger partial charge in [-0.3, -0.25) is 9.69 Å². The molecule has 1 unspecified atom stereocenters. The highest BCUT2D eigenvalue weighted by Crippen LogP contribution is 2.39. The minimum absolute atomic E-state index is 0.0391. The number of fused-ring (bicyclic) bond motifs is 1.